The number of aliphatic imine (C=N–C) groups is 1. The quantitative estimate of drug-likeness (QED) is 0.648. The van der Waals surface area contributed by atoms with Gasteiger partial charge in [0.15, 0.2) is 5.00 Å². The highest BCUT2D eigenvalue weighted by Crippen LogP contribution is 2.44. The van der Waals surface area contributed by atoms with Gasteiger partial charge in [-0.1, -0.05) is 66.0 Å². The van der Waals surface area contributed by atoms with Crippen LogP contribution in [0.2, 0.25) is 0 Å². The van der Waals surface area contributed by atoms with Crippen molar-refractivity contribution in [2.45, 2.75) is 18.3 Å². The first-order valence-corrected chi connectivity index (χ1v) is 6.36. The van der Waals surface area contributed by atoms with Crippen molar-refractivity contribution in [1.82, 2.24) is 5.32 Å². The zero-order chi connectivity index (χ0) is 12.5. The average Bonchev–Trinajstić information content (AvgIpc) is 2.36. The van der Waals surface area contributed by atoms with E-state index in [2.05, 4.69) is 17.2 Å². The third-order valence-corrected chi connectivity index (χ3v) is 4.12. The number of hydrogen-bond donors (Lipinski definition) is 1. The summed E-state index contributed by atoms with van der Waals surface area (Å²) in [5.41, 5.74) is 1.97. The maximum absolute atomic E-state index is 6.52. The van der Waals surface area contributed by atoms with Gasteiger partial charge in [-0.2, -0.15) is 0 Å². The van der Waals surface area contributed by atoms with Gasteiger partial charge in [0.25, 0.3) is 0 Å². The van der Waals surface area contributed by atoms with E-state index in [1.807, 2.05) is 24.3 Å². The van der Waals surface area contributed by atoms with E-state index in [9.17, 15) is 0 Å². The van der Waals surface area contributed by atoms with E-state index in [1.165, 1.54) is 6.34 Å². The maximum atomic E-state index is 6.52. The zero-order valence-corrected chi connectivity index (χ0v) is 11.4. The second kappa shape index (κ2) is 4.89. The lowest BCUT2D eigenvalue weighted by molar-refractivity contribution is 0.757. The first kappa shape index (κ1) is 12.7. The second-order valence-corrected chi connectivity index (χ2v) is 4.97. The predicted molar refractivity (Wildman–Crippen MR) is 73.7 cm³/mol. The molecule has 1 heterocycles. The Bertz CT molecular complexity index is 496. The molecule has 1 aliphatic heterocycles. The van der Waals surface area contributed by atoms with Gasteiger partial charge in [0, 0.05) is 5.56 Å². The number of hydrogen-bond acceptors (Lipinski definition) is 2. The predicted octanol–water partition coefficient (Wildman–Crippen LogP) is 3.92. The minimum Gasteiger partial charge on any atom is -0.336 e. The van der Waals surface area contributed by atoms with E-state index in [0.29, 0.717) is 10.2 Å². The summed E-state index contributed by atoms with van der Waals surface area (Å²) in [6.07, 6.45) is 2.32. The van der Waals surface area contributed by atoms with E-state index < -0.39 is 5.00 Å². The third kappa shape index (κ3) is 2.17. The first-order chi connectivity index (χ1) is 8.09. The molecule has 0 saturated heterocycles. The topological polar surface area (TPSA) is 24.4 Å². The highest BCUT2D eigenvalue weighted by atomic mass is 35.5. The number of alkyl halides is 1. The van der Waals surface area contributed by atoms with Crippen molar-refractivity contribution in [2.75, 3.05) is 0 Å². The molecule has 90 valence electrons. The first-order valence-electron chi connectivity index (χ1n) is 5.23. The van der Waals surface area contributed by atoms with E-state index in [1.54, 1.807) is 0 Å². The fraction of sp³-hybridized carbons (Fsp3) is 0.250. The van der Waals surface area contributed by atoms with E-state index in [4.69, 9.17) is 34.8 Å². The SMILES string of the molecule is CCc1ccccc1C1(Cl)N=CNC(Cl)=C1Cl. The van der Waals surface area contributed by atoms with Crippen LogP contribution in [0.1, 0.15) is 18.1 Å². The largest absolute Gasteiger partial charge is 0.336 e. The fourth-order valence-corrected chi connectivity index (χ4v) is 2.55. The molecule has 1 aliphatic rings. The summed E-state index contributed by atoms with van der Waals surface area (Å²) in [7, 11) is 0. The normalized spacial score (nSPS) is 23.8. The van der Waals surface area contributed by atoms with Crippen LogP contribution in [0.5, 0.6) is 0 Å². The summed E-state index contributed by atoms with van der Waals surface area (Å²) in [5, 5.41) is 3.33. The Balaban J connectivity index is 2.58. The molecule has 1 aromatic rings. The lowest BCUT2D eigenvalue weighted by Gasteiger charge is -2.28. The Hall–Kier alpha value is -0.700. The number of halogens is 3. The Morgan fingerprint density at radius 2 is 2.00 bits per heavy atom. The van der Waals surface area contributed by atoms with Gasteiger partial charge >= 0.3 is 0 Å². The molecule has 0 aliphatic carbocycles. The molecule has 1 N–H and O–H groups in total. The second-order valence-electron chi connectivity index (χ2n) is 3.66. The van der Waals surface area contributed by atoms with Crippen LogP contribution in [0.15, 0.2) is 39.4 Å². The van der Waals surface area contributed by atoms with Gasteiger partial charge in [-0.15, -0.1) is 0 Å². The molecule has 1 atom stereocenters. The summed E-state index contributed by atoms with van der Waals surface area (Å²) in [6.45, 7) is 2.06. The summed E-state index contributed by atoms with van der Waals surface area (Å²) in [4.78, 5) is 3.11. The van der Waals surface area contributed by atoms with Crippen LogP contribution in [-0.4, -0.2) is 6.34 Å². The van der Waals surface area contributed by atoms with E-state index in [-0.39, 0.29) is 0 Å². The summed E-state index contributed by atoms with van der Waals surface area (Å²) >= 11 is 18.7. The Labute approximate surface area is 115 Å². The molecule has 0 saturated carbocycles. The summed E-state index contributed by atoms with van der Waals surface area (Å²) < 4.78 is 0. The number of nitrogens with zero attached hydrogens (tertiary/aromatic N) is 1. The molecule has 0 spiro atoms. The van der Waals surface area contributed by atoms with Gasteiger partial charge in [-0.3, -0.25) is 0 Å². The molecule has 2 rings (SSSR count). The van der Waals surface area contributed by atoms with Crippen LogP contribution in [0.3, 0.4) is 0 Å². The maximum Gasteiger partial charge on any atom is 0.199 e. The van der Waals surface area contributed by atoms with Crippen molar-refractivity contribution >= 4 is 41.1 Å². The Morgan fingerprint density at radius 3 is 2.71 bits per heavy atom. The number of aryl methyl sites for hydroxylation is 1. The van der Waals surface area contributed by atoms with Crippen molar-refractivity contribution < 1.29 is 0 Å². The van der Waals surface area contributed by atoms with E-state index in [0.717, 1.165) is 17.5 Å². The molecule has 0 fully saturated rings. The van der Waals surface area contributed by atoms with Crippen LogP contribution in [-0.2, 0) is 11.4 Å². The lowest BCUT2D eigenvalue weighted by Crippen LogP contribution is -2.28. The van der Waals surface area contributed by atoms with Crippen LogP contribution in [0, 0.1) is 0 Å². The molecule has 17 heavy (non-hydrogen) atoms. The van der Waals surface area contributed by atoms with Crippen LogP contribution in [0.4, 0.5) is 0 Å². The van der Waals surface area contributed by atoms with Gasteiger partial charge in [0.05, 0.1) is 6.34 Å². The molecule has 0 bridgehead atoms. The number of nitrogens with one attached hydrogen (secondary N) is 1. The van der Waals surface area contributed by atoms with Crippen molar-refractivity contribution in [3.8, 4) is 0 Å². The minimum atomic E-state index is -1.11. The molecular formula is C12H11Cl3N2. The van der Waals surface area contributed by atoms with Gasteiger partial charge in [0.2, 0.25) is 0 Å². The fourth-order valence-electron chi connectivity index (χ4n) is 1.78. The monoisotopic (exact) mass is 288 g/mol. The van der Waals surface area contributed by atoms with Crippen molar-refractivity contribution in [2.24, 2.45) is 4.99 Å². The summed E-state index contributed by atoms with van der Waals surface area (Å²) in [5.74, 6) is 0. The third-order valence-electron chi connectivity index (χ3n) is 2.67. The molecule has 0 aromatic heterocycles. The van der Waals surface area contributed by atoms with E-state index >= 15 is 0 Å². The number of rotatable bonds is 2. The van der Waals surface area contributed by atoms with Crippen LogP contribution < -0.4 is 5.32 Å². The highest BCUT2D eigenvalue weighted by Gasteiger charge is 2.37. The molecule has 2 nitrogen and oxygen atoms in total. The van der Waals surface area contributed by atoms with Gasteiger partial charge in [-0.05, 0) is 12.0 Å². The van der Waals surface area contributed by atoms with Gasteiger partial charge < -0.3 is 5.32 Å². The molecular weight excluding hydrogens is 279 g/mol. The molecule has 0 amide bonds. The van der Waals surface area contributed by atoms with Crippen LogP contribution in [0.25, 0.3) is 0 Å². The van der Waals surface area contributed by atoms with Crippen molar-refractivity contribution in [3.63, 3.8) is 0 Å². The lowest BCUT2D eigenvalue weighted by atomic mass is 9.98. The van der Waals surface area contributed by atoms with Gasteiger partial charge in [-0.25, -0.2) is 4.99 Å². The molecule has 1 unspecified atom stereocenters. The van der Waals surface area contributed by atoms with Crippen molar-refractivity contribution in [1.29, 1.82) is 0 Å². The molecule has 0 radical (unpaired) electrons. The Morgan fingerprint density at radius 1 is 1.29 bits per heavy atom. The smallest absolute Gasteiger partial charge is 0.199 e. The zero-order valence-electron chi connectivity index (χ0n) is 9.17. The Kier molecular flexibility index (Phi) is 3.67. The highest BCUT2D eigenvalue weighted by molar-refractivity contribution is 6.45. The number of benzene rings is 1. The average molecular weight is 290 g/mol. The van der Waals surface area contributed by atoms with Crippen molar-refractivity contribution in [3.05, 3.63) is 45.6 Å². The molecule has 5 heteroatoms. The van der Waals surface area contributed by atoms with Gasteiger partial charge in [0.1, 0.15) is 10.2 Å². The minimum absolute atomic E-state index is 0.296. The molecule has 1 aromatic carbocycles. The standard InChI is InChI=1S/C12H11Cl3N2/c1-2-8-5-3-4-6-9(8)12(15)10(13)11(14)16-7-17-12/h3-7H,2H2,1H3,(H,16,17). The summed E-state index contributed by atoms with van der Waals surface area (Å²) in [6, 6.07) is 7.80. The van der Waals surface area contributed by atoms with Crippen LogP contribution >= 0.6 is 34.8 Å².